The van der Waals surface area contributed by atoms with Gasteiger partial charge in [0.25, 0.3) is 0 Å². The third kappa shape index (κ3) is 3.83. The van der Waals surface area contributed by atoms with Crippen LogP contribution in [0.2, 0.25) is 0 Å². The fourth-order valence-corrected chi connectivity index (χ4v) is 2.87. The lowest BCUT2D eigenvalue weighted by atomic mass is 10.2. The van der Waals surface area contributed by atoms with Gasteiger partial charge in [0.1, 0.15) is 0 Å². The van der Waals surface area contributed by atoms with Crippen LogP contribution in [0, 0.1) is 6.92 Å². The number of sulfonamides is 1. The standard InChI is InChI=1S/C16H20N2O2S/c1-13-7-9-15(10-8-13)17-12-14-5-4-6-16(11-14)21(19,20)18(2)3/h4-11,17H,12H2,1-3H3. The first kappa shape index (κ1) is 15.5. The highest BCUT2D eigenvalue weighted by Gasteiger charge is 2.16. The van der Waals surface area contributed by atoms with Crippen LogP contribution in [0.15, 0.2) is 53.4 Å². The molecule has 21 heavy (non-hydrogen) atoms. The zero-order valence-corrected chi connectivity index (χ0v) is 13.3. The van der Waals surface area contributed by atoms with Gasteiger partial charge in [-0.3, -0.25) is 0 Å². The van der Waals surface area contributed by atoms with Gasteiger partial charge in [0.15, 0.2) is 0 Å². The van der Waals surface area contributed by atoms with Crippen LogP contribution in [0.4, 0.5) is 5.69 Å². The van der Waals surface area contributed by atoms with E-state index in [1.165, 1.54) is 24.0 Å². The topological polar surface area (TPSA) is 49.4 Å². The molecule has 112 valence electrons. The number of hydrogen-bond acceptors (Lipinski definition) is 3. The highest BCUT2D eigenvalue weighted by Crippen LogP contribution is 2.16. The Morgan fingerprint density at radius 1 is 1.05 bits per heavy atom. The molecule has 0 amide bonds. The summed E-state index contributed by atoms with van der Waals surface area (Å²) in [6, 6.07) is 15.1. The van der Waals surface area contributed by atoms with Gasteiger partial charge in [0, 0.05) is 26.3 Å². The molecule has 0 aromatic heterocycles. The van der Waals surface area contributed by atoms with Crippen molar-refractivity contribution in [1.82, 2.24) is 4.31 Å². The number of nitrogens with zero attached hydrogens (tertiary/aromatic N) is 1. The van der Waals surface area contributed by atoms with Crippen LogP contribution in [0.5, 0.6) is 0 Å². The lowest BCUT2D eigenvalue weighted by molar-refractivity contribution is 0.520. The molecule has 0 heterocycles. The first-order valence-corrected chi connectivity index (χ1v) is 8.15. The number of nitrogens with one attached hydrogen (secondary N) is 1. The summed E-state index contributed by atoms with van der Waals surface area (Å²) in [6.45, 7) is 2.62. The van der Waals surface area contributed by atoms with E-state index in [-0.39, 0.29) is 0 Å². The van der Waals surface area contributed by atoms with Gasteiger partial charge in [0.05, 0.1) is 4.90 Å². The van der Waals surface area contributed by atoms with E-state index in [4.69, 9.17) is 0 Å². The van der Waals surface area contributed by atoms with Crippen molar-refractivity contribution in [3.05, 3.63) is 59.7 Å². The monoisotopic (exact) mass is 304 g/mol. The van der Waals surface area contributed by atoms with Crippen molar-refractivity contribution in [1.29, 1.82) is 0 Å². The molecule has 0 saturated heterocycles. The Morgan fingerprint density at radius 2 is 1.71 bits per heavy atom. The predicted octanol–water partition coefficient (Wildman–Crippen LogP) is 2.86. The molecule has 0 fully saturated rings. The maximum atomic E-state index is 12.1. The second-order valence-corrected chi connectivity index (χ2v) is 7.31. The van der Waals surface area contributed by atoms with Gasteiger partial charge < -0.3 is 5.32 Å². The molecule has 4 nitrogen and oxygen atoms in total. The first-order valence-electron chi connectivity index (χ1n) is 6.71. The fraction of sp³-hybridized carbons (Fsp3) is 0.250. The molecule has 0 unspecified atom stereocenters. The molecular weight excluding hydrogens is 284 g/mol. The molecule has 0 radical (unpaired) electrons. The Morgan fingerprint density at radius 3 is 2.33 bits per heavy atom. The van der Waals surface area contributed by atoms with E-state index in [0.29, 0.717) is 11.4 Å². The molecule has 5 heteroatoms. The van der Waals surface area contributed by atoms with E-state index in [2.05, 4.69) is 5.32 Å². The van der Waals surface area contributed by atoms with E-state index in [9.17, 15) is 8.42 Å². The van der Waals surface area contributed by atoms with E-state index in [0.717, 1.165) is 11.3 Å². The smallest absolute Gasteiger partial charge is 0.242 e. The summed E-state index contributed by atoms with van der Waals surface area (Å²) in [6.07, 6.45) is 0. The van der Waals surface area contributed by atoms with Crippen molar-refractivity contribution >= 4 is 15.7 Å². The largest absolute Gasteiger partial charge is 0.381 e. The maximum Gasteiger partial charge on any atom is 0.242 e. The van der Waals surface area contributed by atoms with Crippen LogP contribution in [0.3, 0.4) is 0 Å². The van der Waals surface area contributed by atoms with Gasteiger partial charge in [-0.15, -0.1) is 0 Å². The SMILES string of the molecule is Cc1ccc(NCc2cccc(S(=O)(=O)N(C)C)c2)cc1. The minimum atomic E-state index is -3.38. The number of aryl methyl sites for hydroxylation is 1. The molecule has 0 spiro atoms. The average Bonchev–Trinajstić information content (AvgIpc) is 2.47. The highest BCUT2D eigenvalue weighted by atomic mass is 32.2. The summed E-state index contributed by atoms with van der Waals surface area (Å²) in [5.74, 6) is 0. The molecule has 1 N–H and O–H groups in total. The molecule has 0 saturated carbocycles. The van der Waals surface area contributed by atoms with Crippen LogP contribution in [0.25, 0.3) is 0 Å². The van der Waals surface area contributed by atoms with E-state index in [1.807, 2.05) is 37.3 Å². The molecule has 0 aliphatic heterocycles. The van der Waals surface area contributed by atoms with Crippen molar-refractivity contribution < 1.29 is 8.42 Å². The maximum absolute atomic E-state index is 12.1. The lowest BCUT2D eigenvalue weighted by Crippen LogP contribution is -2.22. The summed E-state index contributed by atoms with van der Waals surface area (Å²) in [7, 11) is -0.314. The van der Waals surface area contributed by atoms with Crippen molar-refractivity contribution in [2.75, 3.05) is 19.4 Å². The molecule has 2 aromatic carbocycles. The molecule has 0 bridgehead atoms. The second kappa shape index (κ2) is 6.28. The van der Waals surface area contributed by atoms with E-state index < -0.39 is 10.0 Å². The normalized spacial score (nSPS) is 11.6. The lowest BCUT2D eigenvalue weighted by Gasteiger charge is -2.13. The molecule has 0 aliphatic rings. The summed E-state index contributed by atoms with van der Waals surface area (Å²) in [5, 5.41) is 3.29. The van der Waals surface area contributed by atoms with Gasteiger partial charge >= 0.3 is 0 Å². The molecule has 0 atom stereocenters. The predicted molar refractivity (Wildman–Crippen MR) is 85.8 cm³/mol. The van der Waals surface area contributed by atoms with Crippen LogP contribution >= 0.6 is 0 Å². The van der Waals surface area contributed by atoms with Gasteiger partial charge in [-0.25, -0.2) is 12.7 Å². The molecule has 2 aromatic rings. The second-order valence-electron chi connectivity index (χ2n) is 5.15. The van der Waals surface area contributed by atoms with Crippen molar-refractivity contribution in [2.45, 2.75) is 18.4 Å². The van der Waals surface area contributed by atoms with Crippen molar-refractivity contribution in [2.24, 2.45) is 0 Å². The van der Waals surface area contributed by atoms with Gasteiger partial charge in [-0.1, -0.05) is 29.8 Å². The Hall–Kier alpha value is -1.85. The minimum absolute atomic E-state index is 0.315. The first-order chi connectivity index (χ1) is 9.89. The Kier molecular flexibility index (Phi) is 4.65. The zero-order valence-electron chi connectivity index (χ0n) is 12.5. The van der Waals surface area contributed by atoms with Crippen LogP contribution in [0.1, 0.15) is 11.1 Å². The summed E-state index contributed by atoms with van der Waals surface area (Å²) >= 11 is 0. The summed E-state index contributed by atoms with van der Waals surface area (Å²) in [5.41, 5.74) is 3.15. The Labute approximate surface area is 126 Å². The number of benzene rings is 2. The molecular formula is C16H20N2O2S. The number of anilines is 1. The number of rotatable bonds is 5. The van der Waals surface area contributed by atoms with Gasteiger partial charge in [0.2, 0.25) is 10.0 Å². The van der Waals surface area contributed by atoms with Gasteiger partial charge in [-0.05, 0) is 36.8 Å². The third-order valence-corrected chi connectivity index (χ3v) is 5.04. The summed E-state index contributed by atoms with van der Waals surface area (Å²) in [4.78, 5) is 0.315. The fourth-order valence-electron chi connectivity index (χ4n) is 1.90. The zero-order chi connectivity index (χ0) is 15.5. The summed E-state index contributed by atoms with van der Waals surface area (Å²) < 4.78 is 25.4. The van der Waals surface area contributed by atoms with Gasteiger partial charge in [-0.2, -0.15) is 0 Å². The quantitative estimate of drug-likeness (QED) is 0.924. The highest BCUT2D eigenvalue weighted by molar-refractivity contribution is 7.89. The number of hydrogen-bond donors (Lipinski definition) is 1. The van der Waals surface area contributed by atoms with Crippen LogP contribution < -0.4 is 5.32 Å². The van der Waals surface area contributed by atoms with Crippen LogP contribution in [-0.2, 0) is 16.6 Å². The Balaban J connectivity index is 2.13. The van der Waals surface area contributed by atoms with Crippen molar-refractivity contribution in [3.63, 3.8) is 0 Å². The molecule has 2 rings (SSSR count). The minimum Gasteiger partial charge on any atom is -0.381 e. The molecule has 0 aliphatic carbocycles. The Bertz CT molecular complexity index is 707. The van der Waals surface area contributed by atoms with Crippen LogP contribution in [-0.4, -0.2) is 26.8 Å². The van der Waals surface area contributed by atoms with E-state index in [1.54, 1.807) is 18.2 Å². The third-order valence-electron chi connectivity index (χ3n) is 3.23. The van der Waals surface area contributed by atoms with E-state index >= 15 is 0 Å². The average molecular weight is 304 g/mol. The van der Waals surface area contributed by atoms with Crippen molar-refractivity contribution in [3.8, 4) is 0 Å².